The Morgan fingerprint density at radius 2 is 1.79 bits per heavy atom. The fourth-order valence-corrected chi connectivity index (χ4v) is 6.85. The van der Waals surface area contributed by atoms with Crippen LogP contribution < -0.4 is 10.2 Å². The molecule has 0 bridgehead atoms. The molecule has 7 heteroatoms. The number of carbonyl (C=O) groups excluding carboxylic acids is 1. The summed E-state index contributed by atoms with van der Waals surface area (Å²) >= 11 is 1.72. The summed E-state index contributed by atoms with van der Waals surface area (Å²) in [6.07, 6.45) is 10.5. The van der Waals surface area contributed by atoms with Crippen LogP contribution in [-0.4, -0.2) is 79.1 Å². The second-order valence-electron chi connectivity index (χ2n) is 10.6. The molecule has 1 aliphatic carbocycles. The average molecular weight is 484 g/mol. The van der Waals surface area contributed by atoms with Crippen molar-refractivity contribution in [2.24, 2.45) is 5.92 Å². The Balaban J connectivity index is 1.05. The highest BCUT2D eigenvalue weighted by molar-refractivity contribution is 7.22. The number of rotatable bonds is 7. The molecular weight excluding hydrogens is 442 g/mol. The van der Waals surface area contributed by atoms with E-state index in [0.29, 0.717) is 0 Å². The summed E-state index contributed by atoms with van der Waals surface area (Å²) in [5, 5.41) is 4.24. The predicted molar refractivity (Wildman–Crippen MR) is 142 cm³/mol. The lowest BCUT2D eigenvalue weighted by atomic mass is 9.94. The number of benzene rings is 1. The standard InChI is InChI=1S/C27H41N5OS/c1-21-10-14-32(15-11-21)27-29-24-9-8-22(20-25(24)34-27)26(33)28-12-5-13-30-16-18-31(19-17-30)23-6-3-2-4-7-23/h8-9,20-21,23H,2-7,10-19H2,1H3,(H,28,33). The van der Waals surface area contributed by atoms with Gasteiger partial charge < -0.3 is 15.1 Å². The summed E-state index contributed by atoms with van der Waals surface area (Å²) in [5.41, 5.74) is 1.75. The Labute approximate surface area is 208 Å². The van der Waals surface area contributed by atoms with Crippen molar-refractivity contribution < 1.29 is 4.79 Å². The monoisotopic (exact) mass is 483 g/mol. The van der Waals surface area contributed by atoms with Crippen molar-refractivity contribution in [2.45, 2.75) is 64.3 Å². The summed E-state index contributed by atoms with van der Waals surface area (Å²) in [6, 6.07) is 6.78. The van der Waals surface area contributed by atoms with Crippen molar-refractivity contribution in [1.82, 2.24) is 20.1 Å². The van der Waals surface area contributed by atoms with Crippen LogP contribution in [-0.2, 0) is 0 Å². The smallest absolute Gasteiger partial charge is 0.251 e. The lowest BCUT2D eigenvalue weighted by molar-refractivity contribution is 0.0779. The molecule has 3 heterocycles. The van der Waals surface area contributed by atoms with Gasteiger partial charge in [0, 0.05) is 57.4 Å². The van der Waals surface area contributed by atoms with Crippen LogP contribution in [0.25, 0.3) is 10.2 Å². The highest BCUT2D eigenvalue weighted by Gasteiger charge is 2.25. The zero-order chi connectivity index (χ0) is 23.3. The fraction of sp³-hybridized carbons (Fsp3) is 0.704. The first-order chi connectivity index (χ1) is 16.7. The number of piperazine rings is 1. The summed E-state index contributed by atoms with van der Waals surface area (Å²) in [7, 11) is 0. The largest absolute Gasteiger partial charge is 0.352 e. The van der Waals surface area contributed by atoms with Crippen molar-refractivity contribution in [3.05, 3.63) is 23.8 Å². The molecule has 2 aliphatic heterocycles. The van der Waals surface area contributed by atoms with Crippen LogP contribution in [0.3, 0.4) is 0 Å². The van der Waals surface area contributed by atoms with E-state index in [-0.39, 0.29) is 5.91 Å². The van der Waals surface area contributed by atoms with E-state index < -0.39 is 0 Å². The summed E-state index contributed by atoms with van der Waals surface area (Å²) in [5.74, 6) is 0.845. The highest BCUT2D eigenvalue weighted by atomic mass is 32.1. The molecule has 1 amide bonds. The number of piperidine rings is 1. The topological polar surface area (TPSA) is 51.7 Å². The minimum atomic E-state index is 0.0331. The van der Waals surface area contributed by atoms with Crippen LogP contribution in [0, 0.1) is 5.92 Å². The molecule has 0 radical (unpaired) electrons. The Morgan fingerprint density at radius 3 is 2.56 bits per heavy atom. The Hall–Kier alpha value is -1.70. The van der Waals surface area contributed by atoms with Gasteiger partial charge in [0.1, 0.15) is 0 Å². The van der Waals surface area contributed by atoms with Gasteiger partial charge in [0.25, 0.3) is 5.91 Å². The van der Waals surface area contributed by atoms with Gasteiger partial charge in [-0.05, 0) is 62.8 Å². The van der Waals surface area contributed by atoms with Gasteiger partial charge in [-0.1, -0.05) is 37.5 Å². The quantitative estimate of drug-likeness (QED) is 0.583. The van der Waals surface area contributed by atoms with E-state index in [1.54, 1.807) is 11.3 Å². The molecule has 3 fully saturated rings. The molecular formula is C27H41N5OS. The van der Waals surface area contributed by atoms with Crippen LogP contribution in [0.4, 0.5) is 5.13 Å². The first kappa shape index (κ1) is 24.0. The molecule has 1 aromatic carbocycles. The lowest BCUT2D eigenvalue weighted by Crippen LogP contribution is -2.51. The third kappa shape index (κ3) is 5.92. The van der Waals surface area contributed by atoms with E-state index >= 15 is 0 Å². The van der Waals surface area contributed by atoms with Gasteiger partial charge >= 0.3 is 0 Å². The number of nitrogens with one attached hydrogen (secondary N) is 1. The van der Waals surface area contributed by atoms with Crippen molar-refractivity contribution in [3.63, 3.8) is 0 Å². The molecule has 0 atom stereocenters. The van der Waals surface area contributed by atoms with E-state index in [1.165, 1.54) is 71.1 Å². The van der Waals surface area contributed by atoms with Gasteiger partial charge in [0.05, 0.1) is 10.2 Å². The molecule has 0 unspecified atom stereocenters. The minimum absolute atomic E-state index is 0.0331. The number of carbonyl (C=O) groups is 1. The van der Waals surface area contributed by atoms with Crippen molar-refractivity contribution in [3.8, 4) is 0 Å². The van der Waals surface area contributed by atoms with Gasteiger partial charge in [0.15, 0.2) is 5.13 Å². The number of thiazole rings is 1. The van der Waals surface area contributed by atoms with Gasteiger partial charge in [0.2, 0.25) is 0 Å². The van der Waals surface area contributed by atoms with Gasteiger partial charge in [-0.25, -0.2) is 4.98 Å². The van der Waals surface area contributed by atoms with Crippen molar-refractivity contribution in [1.29, 1.82) is 0 Å². The maximum atomic E-state index is 12.7. The van der Waals surface area contributed by atoms with Crippen LogP contribution >= 0.6 is 11.3 Å². The normalized spacial score (nSPS) is 21.9. The summed E-state index contributed by atoms with van der Waals surface area (Å²) < 4.78 is 1.11. The molecule has 6 nitrogen and oxygen atoms in total. The molecule has 0 spiro atoms. The zero-order valence-electron chi connectivity index (χ0n) is 20.8. The van der Waals surface area contributed by atoms with E-state index in [0.717, 1.165) is 65.5 Å². The molecule has 1 saturated carbocycles. The van der Waals surface area contributed by atoms with Crippen molar-refractivity contribution >= 4 is 32.6 Å². The summed E-state index contributed by atoms with van der Waals surface area (Å²) in [6.45, 7) is 11.1. The molecule has 1 N–H and O–H groups in total. The van der Waals surface area contributed by atoms with E-state index in [4.69, 9.17) is 4.98 Å². The maximum Gasteiger partial charge on any atom is 0.251 e. The van der Waals surface area contributed by atoms with Gasteiger partial charge in [-0.3, -0.25) is 9.69 Å². The van der Waals surface area contributed by atoms with E-state index in [9.17, 15) is 4.79 Å². The molecule has 5 rings (SSSR count). The lowest BCUT2D eigenvalue weighted by Gasteiger charge is -2.40. The van der Waals surface area contributed by atoms with E-state index in [1.807, 2.05) is 18.2 Å². The molecule has 3 aliphatic rings. The van der Waals surface area contributed by atoms with Gasteiger partial charge in [-0.15, -0.1) is 0 Å². The number of nitrogens with zero attached hydrogens (tertiary/aromatic N) is 4. The third-order valence-corrected chi connectivity index (χ3v) is 9.21. The molecule has 1 aromatic heterocycles. The number of amides is 1. The number of aromatic nitrogens is 1. The average Bonchev–Trinajstić information content (AvgIpc) is 3.31. The highest BCUT2D eigenvalue weighted by Crippen LogP contribution is 2.32. The van der Waals surface area contributed by atoms with Gasteiger partial charge in [-0.2, -0.15) is 0 Å². The van der Waals surface area contributed by atoms with Crippen LogP contribution in [0.5, 0.6) is 0 Å². The number of hydrogen-bond donors (Lipinski definition) is 1. The SMILES string of the molecule is CC1CCN(c2nc3ccc(C(=O)NCCCN4CCN(C5CCCCC5)CC4)cc3s2)CC1. The fourth-order valence-electron chi connectivity index (χ4n) is 5.79. The molecule has 2 aromatic rings. The van der Waals surface area contributed by atoms with Crippen LogP contribution in [0.1, 0.15) is 68.6 Å². The predicted octanol–water partition coefficient (Wildman–Crippen LogP) is 4.60. The second-order valence-corrected chi connectivity index (χ2v) is 11.6. The number of hydrogen-bond acceptors (Lipinski definition) is 6. The van der Waals surface area contributed by atoms with E-state index in [2.05, 4.69) is 26.9 Å². The first-order valence-electron chi connectivity index (χ1n) is 13.6. The Kier molecular flexibility index (Phi) is 8.02. The molecule has 186 valence electrons. The Morgan fingerprint density at radius 1 is 1.03 bits per heavy atom. The molecule has 34 heavy (non-hydrogen) atoms. The van der Waals surface area contributed by atoms with Crippen molar-refractivity contribution in [2.75, 3.05) is 57.3 Å². The number of anilines is 1. The Bertz CT molecular complexity index is 940. The third-order valence-electron chi connectivity index (χ3n) is 8.13. The molecule has 2 saturated heterocycles. The zero-order valence-corrected chi connectivity index (χ0v) is 21.6. The minimum Gasteiger partial charge on any atom is -0.352 e. The van der Waals surface area contributed by atoms with Crippen LogP contribution in [0.2, 0.25) is 0 Å². The van der Waals surface area contributed by atoms with Crippen LogP contribution in [0.15, 0.2) is 18.2 Å². The number of fused-ring (bicyclic) bond motifs is 1. The second kappa shape index (κ2) is 11.4. The first-order valence-corrected chi connectivity index (χ1v) is 14.4. The summed E-state index contributed by atoms with van der Waals surface area (Å²) in [4.78, 5) is 25.3. The maximum absolute atomic E-state index is 12.7.